The molecular formula is C10H22N4O. The topological polar surface area (TPSA) is 84.4 Å². The largest absolute Gasteiger partial charge is 0.355 e. The molecule has 1 unspecified atom stereocenters. The lowest BCUT2D eigenvalue weighted by atomic mass is 9.97. The molecule has 5 N–H and O–H groups in total. The van der Waals surface area contributed by atoms with Crippen LogP contribution in [0.4, 0.5) is 0 Å². The molecule has 0 aromatic rings. The highest BCUT2D eigenvalue weighted by Gasteiger charge is 2.24. The van der Waals surface area contributed by atoms with Gasteiger partial charge in [-0.25, -0.2) is 0 Å². The van der Waals surface area contributed by atoms with Crippen LogP contribution >= 0.6 is 0 Å². The fourth-order valence-corrected chi connectivity index (χ4v) is 1.99. The fourth-order valence-electron chi connectivity index (χ4n) is 1.99. The van der Waals surface area contributed by atoms with E-state index in [0.29, 0.717) is 19.6 Å². The fraction of sp³-hybridized carbons (Fsp3) is 0.900. The Morgan fingerprint density at radius 3 is 2.87 bits per heavy atom. The summed E-state index contributed by atoms with van der Waals surface area (Å²) in [5, 5.41) is 2.84. The van der Waals surface area contributed by atoms with E-state index in [1.165, 1.54) is 0 Å². The number of nitrogens with two attached hydrogens (primary N) is 2. The van der Waals surface area contributed by atoms with Crippen LogP contribution in [0, 0.1) is 5.92 Å². The quantitative estimate of drug-likeness (QED) is 0.533. The zero-order chi connectivity index (χ0) is 11.1. The Morgan fingerprint density at radius 2 is 2.20 bits per heavy atom. The van der Waals surface area contributed by atoms with Gasteiger partial charge < -0.3 is 21.7 Å². The van der Waals surface area contributed by atoms with Gasteiger partial charge in [-0.1, -0.05) is 0 Å². The number of hydrogen-bond acceptors (Lipinski definition) is 4. The summed E-state index contributed by atoms with van der Waals surface area (Å²) >= 11 is 0. The van der Waals surface area contributed by atoms with Crippen LogP contribution in [0.15, 0.2) is 0 Å². The van der Waals surface area contributed by atoms with Crippen molar-refractivity contribution < 1.29 is 4.79 Å². The highest BCUT2D eigenvalue weighted by atomic mass is 16.1. The maximum absolute atomic E-state index is 11.7. The number of likely N-dealkylation sites (tertiary alicyclic amines) is 1. The molecule has 0 aromatic heterocycles. The first-order valence-electron chi connectivity index (χ1n) is 5.68. The molecule has 1 aliphatic heterocycles. The Bertz CT molecular complexity index is 196. The summed E-state index contributed by atoms with van der Waals surface area (Å²) in [6, 6.07) is 0. The van der Waals surface area contributed by atoms with E-state index in [1.54, 1.807) is 0 Å². The summed E-state index contributed by atoms with van der Waals surface area (Å²) in [5.41, 5.74) is 10.8. The van der Waals surface area contributed by atoms with Gasteiger partial charge >= 0.3 is 0 Å². The Kier molecular flexibility index (Phi) is 5.60. The highest BCUT2D eigenvalue weighted by molar-refractivity contribution is 5.78. The number of piperidine rings is 1. The zero-order valence-corrected chi connectivity index (χ0v) is 9.24. The van der Waals surface area contributed by atoms with E-state index >= 15 is 0 Å². The van der Waals surface area contributed by atoms with Crippen LogP contribution in [0.2, 0.25) is 0 Å². The minimum Gasteiger partial charge on any atom is -0.355 e. The van der Waals surface area contributed by atoms with Crippen molar-refractivity contribution >= 4 is 5.91 Å². The van der Waals surface area contributed by atoms with Gasteiger partial charge in [0.05, 0.1) is 5.92 Å². The molecule has 0 saturated carbocycles. The molecule has 15 heavy (non-hydrogen) atoms. The molecule has 1 fully saturated rings. The minimum absolute atomic E-state index is 0.122. The summed E-state index contributed by atoms with van der Waals surface area (Å²) in [6.45, 7) is 4.54. The van der Waals surface area contributed by atoms with Gasteiger partial charge in [0.1, 0.15) is 0 Å². The van der Waals surface area contributed by atoms with E-state index < -0.39 is 0 Å². The molecule has 0 bridgehead atoms. The third-order valence-corrected chi connectivity index (χ3v) is 2.77. The van der Waals surface area contributed by atoms with E-state index in [0.717, 1.165) is 32.5 Å². The number of carbonyl (C=O) groups is 1. The number of nitrogens with one attached hydrogen (secondary N) is 1. The van der Waals surface area contributed by atoms with E-state index in [4.69, 9.17) is 11.5 Å². The van der Waals surface area contributed by atoms with Crippen molar-refractivity contribution in [3.8, 4) is 0 Å². The van der Waals surface area contributed by atoms with E-state index in [1.807, 2.05) is 0 Å². The lowest BCUT2D eigenvalue weighted by Crippen LogP contribution is -2.45. The summed E-state index contributed by atoms with van der Waals surface area (Å²) < 4.78 is 0. The molecule has 0 aromatic carbocycles. The normalized spacial score (nSPS) is 22.7. The van der Waals surface area contributed by atoms with Crippen LogP contribution in [0.3, 0.4) is 0 Å². The molecular weight excluding hydrogens is 192 g/mol. The van der Waals surface area contributed by atoms with E-state index in [-0.39, 0.29) is 11.8 Å². The van der Waals surface area contributed by atoms with Gasteiger partial charge in [0, 0.05) is 32.7 Å². The Balaban J connectivity index is 2.31. The lowest BCUT2D eigenvalue weighted by molar-refractivity contribution is -0.126. The van der Waals surface area contributed by atoms with E-state index in [9.17, 15) is 4.79 Å². The van der Waals surface area contributed by atoms with Gasteiger partial charge in [-0.2, -0.15) is 0 Å². The van der Waals surface area contributed by atoms with Crippen molar-refractivity contribution in [2.24, 2.45) is 17.4 Å². The van der Waals surface area contributed by atoms with Crippen molar-refractivity contribution in [3.05, 3.63) is 0 Å². The molecule has 1 amide bonds. The Morgan fingerprint density at radius 1 is 1.40 bits per heavy atom. The standard InChI is InChI=1S/C10H22N4O/c11-3-5-13-10(15)9-2-1-6-14(8-9)7-4-12/h9H,1-8,11-12H2,(H,13,15). The van der Waals surface area contributed by atoms with Crippen molar-refractivity contribution in [2.45, 2.75) is 12.8 Å². The van der Waals surface area contributed by atoms with Gasteiger partial charge in [0.25, 0.3) is 0 Å². The molecule has 1 atom stereocenters. The van der Waals surface area contributed by atoms with Crippen LogP contribution < -0.4 is 16.8 Å². The molecule has 1 heterocycles. The number of carbonyl (C=O) groups excluding carboxylic acids is 1. The van der Waals surface area contributed by atoms with Crippen LogP contribution in [0.25, 0.3) is 0 Å². The molecule has 5 heteroatoms. The second kappa shape index (κ2) is 6.76. The first kappa shape index (κ1) is 12.4. The number of nitrogens with zero attached hydrogens (tertiary/aromatic N) is 1. The molecule has 1 rings (SSSR count). The maximum Gasteiger partial charge on any atom is 0.224 e. The van der Waals surface area contributed by atoms with Gasteiger partial charge in [-0.3, -0.25) is 4.79 Å². The average Bonchev–Trinajstić information content (AvgIpc) is 2.27. The molecule has 88 valence electrons. The smallest absolute Gasteiger partial charge is 0.224 e. The van der Waals surface area contributed by atoms with Gasteiger partial charge in [-0.15, -0.1) is 0 Å². The first-order valence-corrected chi connectivity index (χ1v) is 5.68. The zero-order valence-electron chi connectivity index (χ0n) is 9.24. The first-order chi connectivity index (χ1) is 7.27. The van der Waals surface area contributed by atoms with Crippen LogP contribution in [-0.2, 0) is 4.79 Å². The predicted octanol–water partition coefficient (Wildman–Crippen LogP) is -1.27. The number of amides is 1. The average molecular weight is 214 g/mol. The Labute approximate surface area is 91.2 Å². The highest BCUT2D eigenvalue weighted by Crippen LogP contribution is 2.15. The van der Waals surface area contributed by atoms with Gasteiger partial charge in [-0.05, 0) is 19.4 Å². The molecule has 1 saturated heterocycles. The number of rotatable bonds is 5. The Hall–Kier alpha value is -0.650. The third kappa shape index (κ3) is 4.15. The molecule has 1 aliphatic rings. The molecule has 0 radical (unpaired) electrons. The van der Waals surface area contributed by atoms with Gasteiger partial charge in [0.2, 0.25) is 5.91 Å². The maximum atomic E-state index is 11.7. The molecule has 0 spiro atoms. The predicted molar refractivity (Wildman–Crippen MR) is 60.3 cm³/mol. The van der Waals surface area contributed by atoms with Crippen molar-refractivity contribution in [2.75, 3.05) is 39.3 Å². The SMILES string of the molecule is NCCNC(=O)C1CCCN(CCN)C1. The van der Waals surface area contributed by atoms with Gasteiger partial charge in [0.15, 0.2) is 0 Å². The lowest BCUT2D eigenvalue weighted by Gasteiger charge is -2.31. The van der Waals surface area contributed by atoms with Crippen LogP contribution in [0.1, 0.15) is 12.8 Å². The van der Waals surface area contributed by atoms with Crippen molar-refractivity contribution in [1.82, 2.24) is 10.2 Å². The molecule has 0 aliphatic carbocycles. The van der Waals surface area contributed by atoms with Crippen LogP contribution in [0.5, 0.6) is 0 Å². The third-order valence-electron chi connectivity index (χ3n) is 2.77. The van der Waals surface area contributed by atoms with E-state index in [2.05, 4.69) is 10.2 Å². The number of hydrogen-bond donors (Lipinski definition) is 3. The van der Waals surface area contributed by atoms with Crippen molar-refractivity contribution in [3.63, 3.8) is 0 Å². The summed E-state index contributed by atoms with van der Waals surface area (Å²) in [7, 11) is 0. The van der Waals surface area contributed by atoms with Crippen LogP contribution in [-0.4, -0.2) is 50.1 Å². The monoisotopic (exact) mass is 214 g/mol. The van der Waals surface area contributed by atoms with Crippen molar-refractivity contribution in [1.29, 1.82) is 0 Å². The summed E-state index contributed by atoms with van der Waals surface area (Å²) in [4.78, 5) is 13.9. The molecule has 5 nitrogen and oxygen atoms in total. The second-order valence-electron chi connectivity index (χ2n) is 4.01. The minimum atomic E-state index is 0.122. The summed E-state index contributed by atoms with van der Waals surface area (Å²) in [5.74, 6) is 0.263. The summed E-state index contributed by atoms with van der Waals surface area (Å²) in [6.07, 6.45) is 2.07. The second-order valence-corrected chi connectivity index (χ2v) is 4.01.